The van der Waals surface area contributed by atoms with Crippen LogP contribution in [0.3, 0.4) is 0 Å². The van der Waals surface area contributed by atoms with Crippen LogP contribution in [0.5, 0.6) is 0 Å². The Balaban J connectivity index is 0. The lowest BCUT2D eigenvalue weighted by atomic mass is 10.3. The highest BCUT2D eigenvalue weighted by molar-refractivity contribution is 5.09. The van der Waals surface area contributed by atoms with Crippen molar-refractivity contribution in [2.45, 2.75) is 20.8 Å². The van der Waals surface area contributed by atoms with E-state index < -0.39 is 0 Å². The second-order valence-electron chi connectivity index (χ2n) is 1.75. The summed E-state index contributed by atoms with van der Waals surface area (Å²) < 4.78 is 0. The van der Waals surface area contributed by atoms with E-state index in [4.69, 9.17) is 0 Å². The molecule has 0 spiro atoms. The zero-order chi connectivity index (χ0) is 7.70. The SMILES string of the molecule is C=C(C)/C=C\C.C=CC. The van der Waals surface area contributed by atoms with Crippen molar-refractivity contribution in [3.05, 3.63) is 37.0 Å². The summed E-state index contributed by atoms with van der Waals surface area (Å²) in [6.45, 7) is 12.9. The Morgan fingerprint density at radius 2 is 1.67 bits per heavy atom. The van der Waals surface area contributed by atoms with E-state index in [0.717, 1.165) is 5.57 Å². The lowest BCUT2D eigenvalue weighted by Gasteiger charge is -1.75. The molecule has 0 amide bonds. The third kappa shape index (κ3) is 39.9. The van der Waals surface area contributed by atoms with Crippen LogP contribution < -0.4 is 0 Å². The van der Waals surface area contributed by atoms with Crippen LogP contribution in [0.15, 0.2) is 37.0 Å². The standard InChI is InChI=1S/C6H10.C3H6/c1-4-5-6(2)3;1-3-2/h4-5H,2H2,1,3H3;3H,1H2,2H3/b5-4-;. The summed E-state index contributed by atoms with van der Waals surface area (Å²) in [6, 6.07) is 0. The summed E-state index contributed by atoms with van der Waals surface area (Å²) in [5.41, 5.74) is 1.11. The van der Waals surface area contributed by atoms with Gasteiger partial charge in [0, 0.05) is 0 Å². The van der Waals surface area contributed by atoms with Crippen molar-refractivity contribution in [3.8, 4) is 0 Å². The zero-order valence-corrected chi connectivity index (χ0v) is 6.65. The average molecular weight is 124 g/mol. The van der Waals surface area contributed by atoms with Crippen LogP contribution in [0.4, 0.5) is 0 Å². The molecule has 0 aromatic carbocycles. The molecule has 0 aliphatic rings. The summed E-state index contributed by atoms with van der Waals surface area (Å²) in [7, 11) is 0. The molecule has 0 nitrogen and oxygen atoms in total. The molecule has 0 atom stereocenters. The van der Waals surface area contributed by atoms with Crippen molar-refractivity contribution < 1.29 is 0 Å². The number of allylic oxidation sites excluding steroid dienone is 4. The minimum absolute atomic E-state index is 1.11. The molecule has 0 saturated carbocycles. The lowest BCUT2D eigenvalue weighted by molar-refractivity contribution is 1.54. The van der Waals surface area contributed by atoms with E-state index in [1.54, 1.807) is 6.08 Å². The van der Waals surface area contributed by atoms with Crippen molar-refractivity contribution in [2.24, 2.45) is 0 Å². The third-order valence-electron chi connectivity index (χ3n) is 0.451. The first-order chi connectivity index (χ1) is 4.18. The van der Waals surface area contributed by atoms with Gasteiger partial charge >= 0.3 is 0 Å². The first-order valence-corrected chi connectivity index (χ1v) is 3.04. The van der Waals surface area contributed by atoms with Gasteiger partial charge in [-0.2, -0.15) is 0 Å². The maximum absolute atomic E-state index is 3.66. The Kier molecular flexibility index (Phi) is 12.6. The van der Waals surface area contributed by atoms with Gasteiger partial charge in [0.2, 0.25) is 0 Å². The van der Waals surface area contributed by atoms with Gasteiger partial charge in [0.05, 0.1) is 0 Å². The lowest BCUT2D eigenvalue weighted by Crippen LogP contribution is -1.54. The summed E-state index contributed by atoms with van der Waals surface area (Å²) in [4.78, 5) is 0. The van der Waals surface area contributed by atoms with E-state index >= 15 is 0 Å². The molecule has 0 radical (unpaired) electrons. The molecule has 0 N–H and O–H groups in total. The van der Waals surface area contributed by atoms with Gasteiger partial charge in [-0.05, 0) is 20.8 Å². The van der Waals surface area contributed by atoms with Crippen LogP contribution in [-0.2, 0) is 0 Å². The smallest absolute Gasteiger partial charge is 0.0404 e. The van der Waals surface area contributed by atoms with Crippen LogP contribution in [0, 0.1) is 0 Å². The van der Waals surface area contributed by atoms with Gasteiger partial charge in [0.25, 0.3) is 0 Å². The fraction of sp³-hybridized carbons (Fsp3) is 0.333. The fourth-order valence-electron chi connectivity index (χ4n) is 0.285. The molecular formula is C9H16. The molecule has 0 rings (SSSR count). The maximum Gasteiger partial charge on any atom is -0.0404 e. The van der Waals surface area contributed by atoms with Crippen LogP contribution in [0.25, 0.3) is 0 Å². The van der Waals surface area contributed by atoms with E-state index in [9.17, 15) is 0 Å². The minimum Gasteiger partial charge on any atom is -0.103 e. The first-order valence-electron chi connectivity index (χ1n) is 3.04. The first kappa shape index (κ1) is 11.1. The molecule has 0 aromatic heterocycles. The highest BCUT2D eigenvalue weighted by Gasteiger charge is 1.63. The molecule has 0 aliphatic carbocycles. The normalized spacial score (nSPS) is 7.89. The third-order valence-corrected chi connectivity index (χ3v) is 0.451. The van der Waals surface area contributed by atoms with Crippen molar-refractivity contribution >= 4 is 0 Å². The number of hydrogen-bond donors (Lipinski definition) is 0. The van der Waals surface area contributed by atoms with Gasteiger partial charge in [-0.1, -0.05) is 30.4 Å². The quantitative estimate of drug-likeness (QED) is 0.371. The van der Waals surface area contributed by atoms with Crippen molar-refractivity contribution in [1.82, 2.24) is 0 Å². The van der Waals surface area contributed by atoms with Gasteiger partial charge in [-0.3, -0.25) is 0 Å². The van der Waals surface area contributed by atoms with Crippen molar-refractivity contribution in [3.63, 3.8) is 0 Å². The summed E-state index contributed by atoms with van der Waals surface area (Å²) >= 11 is 0. The largest absolute Gasteiger partial charge is 0.103 e. The van der Waals surface area contributed by atoms with Gasteiger partial charge in [-0.15, -0.1) is 6.58 Å². The van der Waals surface area contributed by atoms with E-state index in [1.165, 1.54) is 0 Å². The number of hydrogen-bond acceptors (Lipinski definition) is 0. The average Bonchev–Trinajstić information content (AvgIpc) is 1.67. The molecule has 0 aromatic rings. The molecule has 52 valence electrons. The zero-order valence-electron chi connectivity index (χ0n) is 6.65. The van der Waals surface area contributed by atoms with E-state index in [2.05, 4.69) is 13.2 Å². The topological polar surface area (TPSA) is 0 Å². The van der Waals surface area contributed by atoms with E-state index in [0.29, 0.717) is 0 Å². The highest BCUT2D eigenvalue weighted by atomic mass is 13.7. The van der Waals surface area contributed by atoms with Gasteiger partial charge in [0.1, 0.15) is 0 Å². The minimum atomic E-state index is 1.11. The molecule has 0 fully saturated rings. The fourth-order valence-corrected chi connectivity index (χ4v) is 0.285. The Hall–Kier alpha value is -0.780. The van der Waals surface area contributed by atoms with Crippen LogP contribution in [-0.4, -0.2) is 0 Å². The number of rotatable bonds is 1. The van der Waals surface area contributed by atoms with Crippen molar-refractivity contribution in [2.75, 3.05) is 0 Å². The second-order valence-corrected chi connectivity index (χ2v) is 1.75. The van der Waals surface area contributed by atoms with Crippen LogP contribution in [0.2, 0.25) is 0 Å². The maximum atomic E-state index is 3.66. The molecule has 0 heterocycles. The molecule has 0 bridgehead atoms. The van der Waals surface area contributed by atoms with E-state index in [-0.39, 0.29) is 0 Å². The molecule has 0 aliphatic heterocycles. The van der Waals surface area contributed by atoms with Gasteiger partial charge in [-0.25, -0.2) is 0 Å². The summed E-state index contributed by atoms with van der Waals surface area (Å²) in [6.07, 6.45) is 5.70. The molecule has 9 heavy (non-hydrogen) atoms. The van der Waals surface area contributed by atoms with Gasteiger partial charge in [0.15, 0.2) is 0 Å². The molecule has 0 saturated heterocycles. The van der Waals surface area contributed by atoms with Gasteiger partial charge < -0.3 is 0 Å². The van der Waals surface area contributed by atoms with E-state index in [1.807, 2.05) is 32.9 Å². The van der Waals surface area contributed by atoms with Crippen LogP contribution >= 0.6 is 0 Å². The Morgan fingerprint density at radius 3 is 1.67 bits per heavy atom. The molecular weight excluding hydrogens is 108 g/mol. The molecule has 0 unspecified atom stereocenters. The monoisotopic (exact) mass is 124 g/mol. The highest BCUT2D eigenvalue weighted by Crippen LogP contribution is 1.85. The van der Waals surface area contributed by atoms with Crippen molar-refractivity contribution in [1.29, 1.82) is 0 Å². The Morgan fingerprint density at radius 1 is 1.33 bits per heavy atom. The summed E-state index contributed by atoms with van der Waals surface area (Å²) in [5, 5.41) is 0. The predicted molar refractivity (Wildman–Crippen MR) is 45.5 cm³/mol. The second kappa shape index (κ2) is 10.3. The predicted octanol–water partition coefficient (Wildman–Crippen LogP) is 3.33. The Bertz CT molecular complexity index is 96.6. The summed E-state index contributed by atoms with van der Waals surface area (Å²) in [5.74, 6) is 0. The molecule has 0 heteroatoms. The van der Waals surface area contributed by atoms with Crippen LogP contribution in [0.1, 0.15) is 20.8 Å². The Labute approximate surface area is 58.6 Å².